The summed E-state index contributed by atoms with van der Waals surface area (Å²) in [5.74, 6) is -2.91. The highest BCUT2D eigenvalue weighted by atomic mass is 32.2. The van der Waals surface area contributed by atoms with Gasteiger partial charge in [-0.3, -0.25) is 9.10 Å². The zero-order valence-electron chi connectivity index (χ0n) is 24.7. The molecule has 2 atom stereocenters. The van der Waals surface area contributed by atoms with E-state index in [4.69, 9.17) is 4.74 Å². The first-order valence-corrected chi connectivity index (χ1v) is 14.7. The van der Waals surface area contributed by atoms with Crippen LogP contribution in [0.1, 0.15) is 33.5 Å². The van der Waals surface area contributed by atoms with Crippen LogP contribution in [0.5, 0.6) is 5.75 Å². The number of alkyl halides is 4. The first kappa shape index (κ1) is 33.6. The molecule has 17 heteroatoms. The Balaban J connectivity index is 1.59. The molecule has 1 aliphatic rings. The lowest BCUT2D eigenvalue weighted by Crippen LogP contribution is -2.51. The van der Waals surface area contributed by atoms with Crippen molar-refractivity contribution in [2.24, 2.45) is 0 Å². The second kappa shape index (κ2) is 13.8. The fraction of sp³-hybridized carbons (Fsp3) is 0.393. The molecule has 0 spiro atoms. The lowest BCUT2D eigenvalue weighted by molar-refractivity contribution is -0.137. The van der Waals surface area contributed by atoms with E-state index in [1.165, 1.54) is 14.2 Å². The fourth-order valence-electron chi connectivity index (χ4n) is 4.76. The Labute approximate surface area is 257 Å². The van der Waals surface area contributed by atoms with Gasteiger partial charge in [-0.05, 0) is 43.7 Å². The number of nitrogens with one attached hydrogen (secondary N) is 3. The van der Waals surface area contributed by atoms with E-state index in [9.17, 15) is 30.8 Å². The molecule has 45 heavy (non-hydrogen) atoms. The number of rotatable bonds is 10. The van der Waals surface area contributed by atoms with Crippen molar-refractivity contribution in [1.29, 1.82) is 0 Å². The third-order valence-corrected chi connectivity index (χ3v) is 7.92. The SMILES string of the molecule is COc1cc(C(=O)N[C@@H]2CCN(C)C[C@@H]2F)c(F)cc1Nc1ncc(C(F)(F)F)c(NCc2ccc(C)cc2N(C)[SH](=O)=O)n1. The van der Waals surface area contributed by atoms with Crippen LogP contribution in [0.15, 0.2) is 36.5 Å². The van der Waals surface area contributed by atoms with Crippen molar-refractivity contribution in [2.75, 3.05) is 49.2 Å². The Kier molecular flexibility index (Phi) is 10.3. The Bertz CT molecular complexity index is 1630. The van der Waals surface area contributed by atoms with Gasteiger partial charge in [0.15, 0.2) is 0 Å². The second-order valence-corrected chi connectivity index (χ2v) is 11.6. The van der Waals surface area contributed by atoms with Crippen molar-refractivity contribution in [3.05, 3.63) is 64.6 Å². The van der Waals surface area contributed by atoms with Crippen molar-refractivity contribution in [3.63, 3.8) is 0 Å². The molecule has 0 aliphatic carbocycles. The maximum Gasteiger partial charge on any atom is 0.421 e. The Morgan fingerprint density at radius 2 is 1.96 bits per heavy atom. The van der Waals surface area contributed by atoms with Crippen LogP contribution in [-0.2, 0) is 23.6 Å². The van der Waals surface area contributed by atoms with Crippen LogP contribution in [-0.4, -0.2) is 75.7 Å². The van der Waals surface area contributed by atoms with Gasteiger partial charge in [-0.25, -0.2) is 22.2 Å². The van der Waals surface area contributed by atoms with Gasteiger partial charge in [0.2, 0.25) is 16.8 Å². The number of hydrogen-bond donors (Lipinski definition) is 4. The smallest absolute Gasteiger partial charge is 0.421 e. The van der Waals surface area contributed by atoms with Crippen molar-refractivity contribution < 1.29 is 39.9 Å². The Hall–Kier alpha value is -4.25. The Morgan fingerprint density at radius 3 is 2.60 bits per heavy atom. The van der Waals surface area contributed by atoms with Gasteiger partial charge < -0.3 is 25.6 Å². The summed E-state index contributed by atoms with van der Waals surface area (Å²) < 4.78 is 100. The van der Waals surface area contributed by atoms with E-state index in [1.807, 2.05) is 0 Å². The highest BCUT2D eigenvalue weighted by molar-refractivity contribution is 7.74. The number of nitrogens with zero attached hydrogens (tertiary/aromatic N) is 4. The molecule has 2 heterocycles. The minimum Gasteiger partial charge on any atom is -0.495 e. The fourth-order valence-corrected chi connectivity index (χ4v) is 5.12. The average molecular weight is 658 g/mol. The largest absolute Gasteiger partial charge is 0.495 e. The van der Waals surface area contributed by atoms with Crippen molar-refractivity contribution in [1.82, 2.24) is 20.2 Å². The molecule has 3 N–H and O–H groups in total. The lowest BCUT2D eigenvalue weighted by atomic mass is 10.0. The zero-order chi connectivity index (χ0) is 33.1. The van der Waals surface area contributed by atoms with E-state index < -0.39 is 57.9 Å². The molecule has 4 rings (SSSR count). The predicted molar refractivity (Wildman–Crippen MR) is 159 cm³/mol. The third-order valence-electron chi connectivity index (χ3n) is 7.22. The second-order valence-electron chi connectivity index (χ2n) is 10.5. The van der Waals surface area contributed by atoms with Crippen LogP contribution >= 0.6 is 0 Å². The number of benzene rings is 2. The summed E-state index contributed by atoms with van der Waals surface area (Å²) in [6, 6.07) is 6.00. The van der Waals surface area contributed by atoms with E-state index >= 15 is 4.39 Å². The molecule has 3 aromatic rings. The first-order valence-electron chi connectivity index (χ1n) is 13.6. The number of carbonyl (C=O) groups is 1. The number of methoxy groups -OCH3 is 1. The first-order chi connectivity index (χ1) is 21.2. The van der Waals surface area contributed by atoms with Crippen LogP contribution in [0.4, 0.5) is 45.1 Å². The van der Waals surface area contributed by atoms with Gasteiger partial charge in [-0.2, -0.15) is 18.2 Å². The third kappa shape index (κ3) is 8.08. The number of piperidine rings is 1. The average Bonchev–Trinajstić information content (AvgIpc) is 2.97. The molecule has 0 saturated carbocycles. The summed E-state index contributed by atoms with van der Waals surface area (Å²) in [5, 5.41) is 7.72. The zero-order valence-corrected chi connectivity index (χ0v) is 25.6. The van der Waals surface area contributed by atoms with Crippen LogP contribution < -0.4 is 25.0 Å². The van der Waals surface area contributed by atoms with E-state index in [0.29, 0.717) is 24.7 Å². The summed E-state index contributed by atoms with van der Waals surface area (Å²) in [6.07, 6.45) is -5.32. The van der Waals surface area contributed by atoms with E-state index in [1.54, 1.807) is 37.1 Å². The number of halogens is 5. The van der Waals surface area contributed by atoms with Crippen LogP contribution in [0.25, 0.3) is 0 Å². The molecule has 1 amide bonds. The summed E-state index contributed by atoms with van der Waals surface area (Å²) in [4.78, 5) is 22.2. The highest BCUT2D eigenvalue weighted by Crippen LogP contribution is 2.36. The summed E-state index contributed by atoms with van der Waals surface area (Å²) in [7, 11) is 1.29. The molecular formula is C28H32F5N7O4S. The molecule has 2 aromatic carbocycles. The molecule has 1 fully saturated rings. The van der Waals surface area contributed by atoms with Gasteiger partial charge in [0.1, 0.15) is 29.1 Å². The van der Waals surface area contributed by atoms with Crippen molar-refractivity contribution >= 4 is 39.9 Å². The van der Waals surface area contributed by atoms with Crippen molar-refractivity contribution in [3.8, 4) is 5.75 Å². The van der Waals surface area contributed by atoms with Gasteiger partial charge in [-0.15, -0.1) is 0 Å². The number of amides is 1. The summed E-state index contributed by atoms with van der Waals surface area (Å²) >= 11 is 0. The molecule has 0 bridgehead atoms. The van der Waals surface area contributed by atoms with Gasteiger partial charge >= 0.3 is 6.18 Å². The molecule has 1 aliphatic heterocycles. The number of likely N-dealkylation sites (tertiary alicyclic amines) is 1. The summed E-state index contributed by atoms with van der Waals surface area (Å²) in [6.45, 7) is 2.17. The van der Waals surface area contributed by atoms with Gasteiger partial charge in [0, 0.05) is 38.9 Å². The van der Waals surface area contributed by atoms with Gasteiger partial charge in [0.25, 0.3) is 5.91 Å². The topological polar surface area (TPSA) is 129 Å². The molecule has 1 aromatic heterocycles. The number of aromatic nitrogens is 2. The van der Waals surface area contributed by atoms with Gasteiger partial charge in [0.05, 0.1) is 30.1 Å². The minimum atomic E-state index is -4.85. The maximum atomic E-state index is 15.1. The number of aryl methyl sites for hydroxylation is 1. The van der Waals surface area contributed by atoms with Crippen LogP contribution in [0.3, 0.4) is 0 Å². The monoisotopic (exact) mass is 657 g/mol. The standard InChI is InChI=1S/C28H32F5N7O4S/c1-15-5-6-16(23(9-15)40(3)45(42)43)12-34-25-18(28(31,32)33)13-35-27(38-25)37-22-11-19(29)17(10-24(22)44-4)26(41)36-21-7-8-39(2)14-20(21)30/h5-6,9-11,13,20-21,45H,7-8,12,14H2,1-4H3,(H,36,41)(H2,34,35,37,38)/t20-,21+/m0/s1. The minimum absolute atomic E-state index is 0.0567. The summed E-state index contributed by atoms with van der Waals surface area (Å²) in [5.41, 5.74) is -0.336. The molecule has 0 unspecified atom stereocenters. The normalized spacial score (nSPS) is 17.2. The van der Waals surface area contributed by atoms with E-state index in [-0.39, 0.29) is 36.2 Å². The maximum absolute atomic E-state index is 15.1. The van der Waals surface area contributed by atoms with Crippen LogP contribution in [0, 0.1) is 12.7 Å². The van der Waals surface area contributed by atoms with E-state index in [0.717, 1.165) is 22.0 Å². The molecule has 244 valence electrons. The quantitative estimate of drug-likeness (QED) is 0.189. The lowest BCUT2D eigenvalue weighted by Gasteiger charge is -2.32. The van der Waals surface area contributed by atoms with Crippen LogP contribution in [0.2, 0.25) is 0 Å². The number of anilines is 4. The molecule has 0 radical (unpaired) electrons. The number of thiol groups is 1. The predicted octanol–water partition coefficient (Wildman–Crippen LogP) is 4.04. The molecular weight excluding hydrogens is 625 g/mol. The molecule has 11 nitrogen and oxygen atoms in total. The number of carbonyl (C=O) groups excluding carboxylic acids is 1. The number of hydrogen-bond acceptors (Lipinski definition) is 9. The Morgan fingerprint density at radius 1 is 1.22 bits per heavy atom. The van der Waals surface area contributed by atoms with E-state index in [2.05, 4.69) is 25.9 Å². The highest BCUT2D eigenvalue weighted by Gasteiger charge is 2.35. The molecule has 1 saturated heterocycles. The van der Waals surface area contributed by atoms with Gasteiger partial charge in [-0.1, -0.05) is 12.1 Å². The number of ether oxygens (including phenoxy) is 1. The van der Waals surface area contributed by atoms with Crippen molar-refractivity contribution in [2.45, 2.75) is 38.3 Å².